The maximum Gasteiger partial charge on any atom is 0.341 e. The molecule has 39 heavy (non-hydrogen) atoms. The zero-order valence-corrected chi connectivity index (χ0v) is 28.2. The summed E-state index contributed by atoms with van der Waals surface area (Å²) in [5.41, 5.74) is 3.10. The molecule has 0 unspecified atom stereocenters. The number of aliphatic carboxylic acids is 1. The molecule has 4 nitrogen and oxygen atoms in total. The van der Waals surface area contributed by atoms with E-state index in [0.717, 1.165) is 32.0 Å². The smallest absolute Gasteiger partial charge is 0.341 e. The number of phenols is 1. The Morgan fingerprint density at radius 1 is 0.641 bits per heavy atom. The number of aromatic hydroxyl groups is 1. The molecule has 6 heteroatoms. The standard InChI is InChI=1S/C33H50O4S2/c1-29(2,3)22-15-20(16-23(27(22)36)30(4,5)6)38-33(13,14)39-21-17-24(31(7,8)9)28(37-19-26(34)35)25(18-21)32(10,11)12/h15-18,36H,19H2,1-14H3,(H,34,35). The average Bonchev–Trinajstić information content (AvgIpc) is 2.69. The van der Waals surface area contributed by atoms with Crippen LogP contribution in [-0.2, 0) is 26.5 Å². The first-order valence-corrected chi connectivity index (χ1v) is 15.3. The van der Waals surface area contributed by atoms with Crippen molar-refractivity contribution in [1.29, 1.82) is 0 Å². The minimum atomic E-state index is -0.983. The Labute approximate surface area is 245 Å². The van der Waals surface area contributed by atoms with E-state index in [1.54, 1.807) is 23.5 Å². The summed E-state index contributed by atoms with van der Waals surface area (Å²) in [5, 5.41) is 20.5. The van der Waals surface area contributed by atoms with Gasteiger partial charge in [0.25, 0.3) is 0 Å². The minimum absolute atomic E-state index is 0.188. The molecular formula is C33H50O4S2. The van der Waals surface area contributed by atoms with E-state index < -0.39 is 5.97 Å². The van der Waals surface area contributed by atoms with Crippen molar-refractivity contribution >= 4 is 29.5 Å². The monoisotopic (exact) mass is 574 g/mol. The van der Waals surface area contributed by atoms with Crippen LogP contribution in [0.2, 0.25) is 0 Å². The van der Waals surface area contributed by atoms with Gasteiger partial charge in [-0.15, -0.1) is 23.5 Å². The Hall–Kier alpha value is -1.79. The molecule has 0 aliphatic heterocycles. The van der Waals surface area contributed by atoms with Crippen molar-refractivity contribution in [3.8, 4) is 11.5 Å². The van der Waals surface area contributed by atoms with Gasteiger partial charge < -0.3 is 14.9 Å². The molecule has 0 aliphatic rings. The number of carbonyl (C=O) groups is 1. The van der Waals surface area contributed by atoms with Gasteiger partial charge >= 0.3 is 5.97 Å². The van der Waals surface area contributed by atoms with Crippen LogP contribution in [0.15, 0.2) is 34.1 Å². The van der Waals surface area contributed by atoms with E-state index >= 15 is 0 Å². The van der Waals surface area contributed by atoms with Gasteiger partial charge in [0.05, 0.1) is 4.08 Å². The van der Waals surface area contributed by atoms with Gasteiger partial charge in [0.1, 0.15) is 11.5 Å². The van der Waals surface area contributed by atoms with Crippen molar-refractivity contribution in [3.63, 3.8) is 0 Å². The quantitative estimate of drug-likeness (QED) is 0.253. The van der Waals surface area contributed by atoms with E-state index in [0.29, 0.717) is 11.5 Å². The summed E-state index contributed by atoms with van der Waals surface area (Å²) in [4.78, 5) is 13.6. The van der Waals surface area contributed by atoms with Crippen LogP contribution < -0.4 is 4.74 Å². The summed E-state index contributed by atoms with van der Waals surface area (Å²) in [6.45, 7) is 29.7. The van der Waals surface area contributed by atoms with Crippen LogP contribution in [0.1, 0.15) is 119 Å². The number of hydrogen-bond acceptors (Lipinski definition) is 5. The second kappa shape index (κ2) is 11.2. The largest absolute Gasteiger partial charge is 0.507 e. The van der Waals surface area contributed by atoms with Crippen molar-refractivity contribution < 1.29 is 19.7 Å². The molecule has 0 spiro atoms. The molecule has 0 aromatic heterocycles. The Kier molecular flexibility index (Phi) is 9.63. The van der Waals surface area contributed by atoms with Crippen LogP contribution in [0.25, 0.3) is 0 Å². The highest BCUT2D eigenvalue weighted by Gasteiger charge is 2.32. The first-order valence-electron chi connectivity index (χ1n) is 13.6. The highest BCUT2D eigenvalue weighted by Crippen LogP contribution is 2.51. The van der Waals surface area contributed by atoms with Gasteiger partial charge in [-0.25, -0.2) is 4.79 Å². The number of benzene rings is 2. The van der Waals surface area contributed by atoms with Gasteiger partial charge in [0.2, 0.25) is 0 Å². The molecule has 2 N–H and O–H groups in total. The van der Waals surface area contributed by atoms with Crippen molar-refractivity contribution in [1.82, 2.24) is 0 Å². The van der Waals surface area contributed by atoms with Crippen molar-refractivity contribution in [2.24, 2.45) is 0 Å². The predicted octanol–water partition coefficient (Wildman–Crippen LogP) is 9.67. The summed E-state index contributed by atoms with van der Waals surface area (Å²) >= 11 is 3.59. The molecule has 0 radical (unpaired) electrons. The molecule has 0 bridgehead atoms. The molecule has 0 fully saturated rings. The third-order valence-corrected chi connectivity index (χ3v) is 8.87. The maximum absolute atomic E-state index is 11.4. The van der Waals surface area contributed by atoms with E-state index in [1.165, 1.54) is 0 Å². The molecule has 0 saturated heterocycles. The number of hydrogen-bond donors (Lipinski definition) is 2. The summed E-state index contributed by atoms with van der Waals surface area (Å²) < 4.78 is 5.70. The van der Waals surface area contributed by atoms with E-state index in [9.17, 15) is 15.0 Å². The van der Waals surface area contributed by atoms with Gasteiger partial charge in [-0.05, 0) is 59.8 Å². The highest BCUT2D eigenvalue weighted by molar-refractivity contribution is 8.18. The molecule has 0 heterocycles. The van der Waals surface area contributed by atoms with Crippen molar-refractivity contribution in [2.75, 3.05) is 6.61 Å². The molecule has 2 aromatic rings. The lowest BCUT2D eigenvalue weighted by molar-refractivity contribution is -0.139. The number of carboxylic acids is 1. The summed E-state index contributed by atoms with van der Waals surface area (Å²) in [5.74, 6) is 0.0885. The topological polar surface area (TPSA) is 66.8 Å². The van der Waals surface area contributed by atoms with E-state index in [2.05, 4.69) is 121 Å². The zero-order chi connectivity index (χ0) is 30.4. The fourth-order valence-corrected chi connectivity index (χ4v) is 7.05. The normalized spacial score (nSPS) is 13.5. The lowest BCUT2D eigenvalue weighted by atomic mass is 9.79. The van der Waals surface area contributed by atoms with E-state index in [4.69, 9.17) is 4.74 Å². The summed E-state index contributed by atoms with van der Waals surface area (Å²) in [7, 11) is 0. The number of rotatable bonds is 7. The molecule has 0 aliphatic carbocycles. The first-order chi connectivity index (χ1) is 17.3. The van der Waals surface area contributed by atoms with Crippen LogP contribution in [0, 0.1) is 0 Å². The molecule has 0 atom stereocenters. The number of ether oxygens (including phenoxy) is 1. The first kappa shape index (κ1) is 33.4. The van der Waals surface area contributed by atoms with Crippen LogP contribution >= 0.6 is 23.5 Å². The molecular weight excluding hydrogens is 524 g/mol. The van der Waals surface area contributed by atoms with Crippen molar-refractivity contribution in [3.05, 3.63) is 46.5 Å². The lowest BCUT2D eigenvalue weighted by Crippen LogP contribution is -2.22. The van der Waals surface area contributed by atoms with Crippen LogP contribution in [0.4, 0.5) is 0 Å². The number of phenolic OH excluding ortho intramolecular Hbond substituents is 1. The van der Waals surface area contributed by atoms with Gasteiger partial charge in [-0.3, -0.25) is 0 Å². The summed E-state index contributed by atoms with van der Waals surface area (Å²) in [6, 6.07) is 8.61. The van der Waals surface area contributed by atoms with Crippen LogP contribution in [0.5, 0.6) is 11.5 Å². The van der Waals surface area contributed by atoms with Crippen LogP contribution in [-0.4, -0.2) is 26.9 Å². The van der Waals surface area contributed by atoms with Crippen LogP contribution in [0.3, 0.4) is 0 Å². The fraction of sp³-hybridized carbons (Fsp3) is 0.606. The third kappa shape index (κ3) is 8.85. The molecule has 218 valence electrons. The second-order valence-electron chi connectivity index (χ2n) is 15.0. The number of thioether (sulfide) groups is 2. The lowest BCUT2D eigenvalue weighted by Gasteiger charge is -2.32. The van der Waals surface area contributed by atoms with E-state index in [-0.39, 0.29) is 32.3 Å². The number of carboxylic acid groups (broad SMARTS) is 1. The molecule has 2 rings (SSSR count). The van der Waals surface area contributed by atoms with Gasteiger partial charge in [0.15, 0.2) is 6.61 Å². The summed E-state index contributed by atoms with van der Waals surface area (Å²) in [6.07, 6.45) is 0. The Morgan fingerprint density at radius 3 is 1.23 bits per heavy atom. The Morgan fingerprint density at radius 2 is 0.949 bits per heavy atom. The van der Waals surface area contributed by atoms with Gasteiger partial charge in [-0.2, -0.15) is 0 Å². The van der Waals surface area contributed by atoms with Gasteiger partial charge in [-0.1, -0.05) is 83.1 Å². The maximum atomic E-state index is 11.4. The Bertz CT molecular complexity index is 1130. The van der Waals surface area contributed by atoms with Gasteiger partial charge in [0, 0.05) is 32.0 Å². The molecule has 0 saturated carbocycles. The SMILES string of the molecule is CC(C)(Sc1cc(C(C)(C)C)c(O)c(C(C)(C)C)c1)Sc1cc(C(C)(C)C)c(OCC(=O)O)c(C(C)(C)C)c1. The average molecular weight is 575 g/mol. The Balaban J connectivity index is 2.62. The minimum Gasteiger partial charge on any atom is -0.507 e. The van der Waals surface area contributed by atoms with Crippen molar-refractivity contribution in [2.45, 2.75) is 132 Å². The zero-order valence-electron chi connectivity index (χ0n) is 26.5. The molecule has 2 aromatic carbocycles. The van der Waals surface area contributed by atoms with E-state index in [1.807, 2.05) is 0 Å². The molecule has 0 amide bonds. The highest BCUT2D eigenvalue weighted by atomic mass is 32.2. The third-order valence-electron chi connectivity index (χ3n) is 6.45. The second-order valence-corrected chi connectivity index (χ2v) is 18.7. The fourth-order valence-electron chi connectivity index (χ4n) is 4.46. The predicted molar refractivity (Wildman–Crippen MR) is 168 cm³/mol.